The minimum absolute atomic E-state index is 0.143. The normalized spacial score (nSPS) is 9.06. The van der Waals surface area contributed by atoms with Crippen LogP contribution in [-0.2, 0) is 9.53 Å². The van der Waals surface area contributed by atoms with E-state index >= 15 is 0 Å². The molecule has 1 aromatic rings. The standard InChI is InChI=1S/C14H16O2/c1-16-14(15)12-8-3-2-5-9-13-10-6-4-7-11-13/h4,6-7,10-11H,2-3,8,12H2,1H3. The van der Waals surface area contributed by atoms with E-state index in [1.807, 2.05) is 30.3 Å². The minimum atomic E-state index is -0.143. The summed E-state index contributed by atoms with van der Waals surface area (Å²) < 4.78 is 4.55. The number of carbonyl (C=O) groups excluding carboxylic acids is 1. The second-order valence-corrected chi connectivity index (χ2v) is 3.45. The molecule has 0 saturated carbocycles. The van der Waals surface area contributed by atoms with Gasteiger partial charge in [0.1, 0.15) is 0 Å². The molecule has 0 spiro atoms. The Balaban J connectivity index is 2.17. The molecule has 0 heterocycles. The van der Waals surface area contributed by atoms with Crippen molar-refractivity contribution in [3.8, 4) is 11.8 Å². The van der Waals surface area contributed by atoms with E-state index in [-0.39, 0.29) is 5.97 Å². The molecule has 2 heteroatoms. The number of benzene rings is 1. The molecule has 0 atom stereocenters. The summed E-state index contributed by atoms with van der Waals surface area (Å²) in [6.45, 7) is 0. The summed E-state index contributed by atoms with van der Waals surface area (Å²) in [6, 6.07) is 9.90. The smallest absolute Gasteiger partial charge is 0.305 e. The first-order valence-corrected chi connectivity index (χ1v) is 5.43. The first kappa shape index (κ1) is 12.3. The first-order chi connectivity index (χ1) is 7.83. The summed E-state index contributed by atoms with van der Waals surface area (Å²) in [5.74, 6) is 6.03. The fourth-order valence-corrected chi connectivity index (χ4v) is 1.27. The fourth-order valence-electron chi connectivity index (χ4n) is 1.27. The van der Waals surface area contributed by atoms with Gasteiger partial charge in [-0.15, -0.1) is 0 Å². The van der Waals surface area contributed by atoms with Crippen molar-refractivity contribution >= 4 is 5.97 Å². The molecule has 0 unspecified atom stereocenters. The third-order valence-corrected chi connectivity index (χ3v) is 2.17. The average Bonchev–Trinajstić information content (AvgIpc) is 2.34. The van der Waals surface area contributed by atoms with E-state index in [0.29, 0.717) is 6.42 Å². The third-order valence-electron chi connectivity index (χ3n) is 2.17. The fraction of sp³-hybridized carbons (Fsp3) is 0.357. The van der Waals surface area contributed by atoms with Crippen molar-refractivity contribution in [3.05, 3.63) is 35.9 Å². The molecule has 2 nitrogen and oxygen atoms in total. The summed E-state index contributed by atoms with van der Waals surface area (Å²) >= 11 is 0. The van der Waals surface area contributed by atoms with Gasteiger partial charge in [-0.25, -0.2) is 0 Å². The summed E-state index contributed by atoms with van der Waals surface area (Å²) in [4.78, 5) is 10.8. The maximum atomic E-state index is 10.8. The lowest BCUT2D eigenvalue weighted by atomic mass is 10.2. The zero-order valence-corrected chi connectivity index (χ0v) is 9.53. The van der Waals surface area contributed by atoms with Crippen LogP contribution in [0, 0.1) is 11.8 Å². The van der Waals surface area contributed by atoms with Gasteiger partial charge in [0.15, 0.2) is 0 Å². The average molecular weight is 216 g/mol. The maximum Gasteiger partial charge on any atom is 0.305 e. The Morgan fingerprint density at radius 3 is 2.69 bits per heavy atom. The molecule has 0 fully saturated rings. The number of carbonyl (C=O) groups is 1. The highest BCUT2D eigenvalue weighted by Gasteiger charge is 1.97. The van der Waals surface area contributed by atoms with E-state index in [9.17, 15) is 4.79 Å². The van der Waals surface area contributed by atoms with Crippen LogP contribution in [0.25, 0.3) is 0 Å². The molecule has 1 aromatic carbocycles. The summed E-state index contributed by atoms with van der Waals surface area (Å²) in [5, 5.41) is 0. The van der Waals surface area contributed by atoms with Crippen LogP contribution in [0.4, 0.5) is 0 Å². The first-order valence-electron chi connectivity index (χ1n) is 5.43. The van der Waals surface area contributed by atoms with Crippen molar-refractivity contribution in [1.82, 2.24) is 0 Å². The zero-order chi connectivity index (χ0) is 11.6. The van der Waals surface area contributed by atoms with E-state index in [0.717, 1.165) is 24.8 Å². The van der Waals surface area contributed by atoms with Crippen molar-refractivity contribution in [2.75, 3.05) is 7.11 Å². The number of hydrogen-bond donors (Lipinski definition) is 0. The number of rotatable bonds is 4. The lowest BCUT2D eigenvalue weighted by molar-refractivity contribution is -0.140. The Morgan fingerprint density at radius 2 is 2.00 bits per heavy atom. The molecule has 0 amide bonds. The molecule has 0 saturated heterocycles. The van der Waals surface area contributed by atoms with E-state index in [1.165, 1.54) is 7.11 Å². The van der Waals surface area contributed by atoms with Gasteiger partial charge >= 0.3 is 5.97 Å². The highest BCUT2D eigenvalue weighted by molar-refractivity contribution is 5.68. The van der Waals surface area contributed by atoms with Crippen LogP contribution in [0.2, 0.25) is 0 Å². The molecule has 84 valence electrons. The molecular formula is C14H16O2. The molecule has 1 rings (SSSR count). The minimum Gasteiger partial charge on any atom is -0.469 e. The van der Waals surface area contributed by atoms with Gasteiger partial charge in [-0.1, -0.05) is 30.0 Å². The Labute approximate surface area is 96.6 Å². The van der Waals surface area contributed by atoms with Crippen LogP contribution in [0.3, 0.4) is 0 Å². The van der Waals surface area contributed by atoms with Crippen LogP contribution < -0.4 is 0 Å². The van der Waals surface area contributed by atoms with Crippen molar-refractivity contribution in [3.63, 3.8) is 0 Å². The van der Waals surface area contributed by atoms with Gasteiger partial charge in [0, 0.05) is 18.4 Å². The van der Waals surface area contributed by atoms with Crippen molar-refractivity contribution < 1.29 is 9.53 Å². The largest absolute Gasteiger partial charge is 0.469 e. The number of unbranched alkanes of at least 4 members (excludes halogenated alkanes) is 2. The van der Waals surface area contributed by atoms with Crippen molar-refractivity contribution in [1.29, 1.82) is 0 Å². The topological polar surface area (TPSA) is 26.3 Å². The molecule has 0 N–H and O–H groups in total. The van der Waals surface area contributed by atoms with Gasteiger partial charge in [-0.05, 0) is 25.0 Å². The van der Waals surface area contributed by atoms with Crippen molar-refractivity contribution in [2.45, 2.75) is 25.7 Å². The molecule has 0 radical (unpaired) electrons. The van der Waals surface area contributed by atoms with Gasteiger partial charge in [-0.3, -0.25) is 4.79 Å². The summed E-state index contributed by atoms with van der Waals surface area (Å²) in [7, 11) is 1.41. The van der Waals surface area contributed by atoms with Gasteiger partial charge in [0.25, 0.3) is 0 Å². The monoisotopic (exact) mass is 216 g/mol. The molecule has 0 aliphatic carbocycles. The van der Waals surface area contributed by atoms with E-state index in [4.69, 9.17) is 0 Å². The number of esters is 1. The van der Waals surface area contributed by atoms with Crippen LogP contribution in [0.15, 0.2) is 30.3 Å². The highest BCUT2D eigenvalue weighted by atomic mass is 16.5. The third kappa shape index (κ3) is 5.21. The SMILES string of the molecule is COC(=O)CCCCC#Cc1ccccc1. The number of hydrogen-bond acceptors (Lipinski definition) is 2. The van der Waals surface area contributed by atoms with Gasteiger partial charge < -0.3 is 4.74 Å². The second kappa shape index (κ2) is 7.53. The van der Waals surface area contributed by atoms with Crippen LogP contribution >= 0.6 is 0 Å². The van der Waals surface area contributed by atoms with E-state index in [1.54, 1.807) is 0 Å². The Hall–Kier alpha value is -1.75. The maximum absolute atomic E-state index is 10.8. The molecule has 0 aliphatic rings. The molecule has 0 bridgehead atoms. The van der Waals surface area contributed by atoms with Gasteiger partial charge in [0.2, 0.25) is 0 Å². The Bertz CT molecular complexity index is 371. The van der Waals surface area contributed by atoms with E-state index in [2.05, 4.69) is 16.6 Å². The van der Waals surface area contributed by atoms with Crippen LogP contribution in [0.1, 0.15) is 31.2 Å². The van der Waals surface area contributed by atoms with Gasteiger partial charge in [0.05, 0.1) is 7.11 Å². The number of methoxy groups -OCH3 is 1. The molecule has 0 aromatic heterocycles. The highest BCUT2D eigenvalue weighted by Crippen LogP contribution is 2.01. The molecule has 0 aliphatic heterocycles. The Kier molecular flexibility index (Phi) is 5.80. The van der Waals surface area contributed by atoms with Crippen molar-refractivity contribution in [2.24, 2.45) is 0 Å². The van der Waals surface area contributed by atoms with Gasteiger partial charge in [-0.2, -0.15) is 0 Å². The predicted molar refractivity (Wildman–Crippen MR) is 63.8 cm³/mol. The Morgan fingerprint density at radius 1 is 1.25 bits per heavy atom. The quantitative estimate of drug-likeness (QED) is 0.439. The lowest BCUT2D eigenvalue weighted by Crippen LogP contribution is -1.98. The number of ether oxygens (including phenoxy) is 1. The predicted octanol–water partition coefficient (Wildman–Crippen LogP) is 2.77. The molecule has 16 heavy (non-hydrogen) atoms. The molecular weight excluding hydrogens is 200 g/mol. The summed E-state index contributed by atoms with van der Waals surface area (Å²) in [6.07, 6.45) is 3.10. The van der Waals surface area contributed by atoms with Crippen LogP contribution in [0.5, 0.6) is 0 Å². The summed E-state index contributed by atoms with van der Waals surface area (Å²) in [5.41, 5.74) is 1.04. The lowest BCUT2D eigenvalue weighted by Gasteiger charge is -1.96. The van der Waals surface area contributed by atoms with Crippen LogP contribution in [-0.4, -0.2) is 13.1 Å². The zero-order valence-electron chi connectivity index (χ0n) is 9.53. The van der Waals surface area contributed by atoms with E-state index < -0.39 is 0 Å². The second-order valence-electron chi connectivity index (χ2n) is 3.45.